The van der Waals surface area contributed by atoms with Crippen molar-refractivity contribution in [1.82, 2.24) is 5.32 Å². The Hall–Kier alpha value is -2.89. The van der Waals surface area contributed by atoms with E-state index in [1.165, 1.54) is 4.90 Å². The van der Waals surface area contributed by atoms with Crippen LogP contribution in [0.3, 0.4) is 0 Å². The molecule has 0 aliphatic carbocycles. The molecule has 5 nitrogen and oxygen atoms in total. The predicted octanol–water partition coefficient (Wildman–Crippen LogP) is 1.99. The van der Waals surface area contributed by atoms with Crippen LogP contribution in [0, 0.1) is 0 Å². The molecule has 1 aliphatic heterocycles. The lowest BCUT2D eigenvalue weighted by Gasteiger charge is -2.28. The molecule has 150 valence electrons. The predicted molar refractivity (Wildman–Crippen MR) is 113 cm³/mol. The summed E-state index contributed by atoms with van der Waals surface area (Å²) in [6, 6.07) is 24.1. The van der Waals surface area contributed by atoms with Crippen LogP contribution < -0.4 is 15.0 Å². The van der Waals surface area contributed by atoms with Gasteiger partial charge in [0.05, 0.1) is 13.2 Å². The number of nitrogens with one attached hydrogen (secondary N) is 2. The fourth-order valence-corrected chi connectivity index (χ4v) is 3.73. The van der Waals surface area contributed by atoms with E-state index in [9.17, 15) is 4.79 Å². The van der Waals surface area contributed by atoms with Crippen LogP contribution in [0.1, 0.15) is 11.6 Å². The monoisotopic (exact) mass is 391 g/mol. The molecule has 1 heterocycles. The molecule has 0 aromatic heterocycles. The minimum Gasteiger partial charge on any atom is -0.484 e. The average molecular weight is 391 g/mol. The lowest BCUT2D eigenvalue weighted by atomic mass is 10.1. The van der Waals surface area contributed by atoms with Gasteiger partial charge in [-0.25, -0.2) is 0 Å². The summed E-state index contributed by atoms with van der Waals surface area (Å²) in [6.45, 7) is 4.32. The number of ether oxygens (including phenoxy) is 2. The molecule has 1 fully saturated rings. The van der Waals surface area contributed by atoms with Gasteiger partial charge < -0.3 is 19.7 Å². The molecule has 1 amide bonds. The smallest absolute Gasteiger partial charge is 0.258 e. The standard InChI is InChI=1S/C24H26N2O3/c27-24(18-29-22-11-10-19-6-4-5-9-21(19)16-22)25-23(20-7-2-1-3-8-20)17-26-12-14-28-15-13-26/h1-11,16,23H,12-15,17-18H2,(H,25,27)/p+1/t23-/m1/s1. The minimum atomic E-state index is -0.111. The van der Waals surface area contributed by atoms with Gasteiger partial charge in [-0.05, 0) is 28.5 Å². The molecule has 29 heavy (non-hydrogen) atoms. The summed E-state index contributed by atoms with van der Waals surface area (Å²) in [6.07, 6.45) is 0. The van der Waals surface area contributed by atoms with Crippen molar-refractivity contribution in [1.29, 1.82) is 0 Å². The summed E-state index contributed by atoms with van der Waals surface area (Å²) >= 11 is 0. The van der Waals surface area contributed by atoms with Crippen LogP contribution in [-0.4, -0.2) is 45.4 Å². The first-order valence-corrected chi connectivity index (χ1v) is 10.2. The van der Waals surface area contributed by atoms with Crippen molar-refractivity contribution in [3.05, 3.63) is 78.4 Å². The largest absolute Gasteiger partial charge is 0.484 e. The molecular weight excluding hydrogens is 364 g/mol. The number of benzene rings is 3. The third-order valence-corrected chi connectivity index (χ3v) is 5.32. The molecule has 3 aromatic carbocycles. The van der Waals surface area contributed by atoms with Crippen LogP contribution in [0.4, 0.5) is 0 Å². The highest BCUT2D eigenvalue weighted by Gasteiger charge is 2.23. The van der Waals surface area contributed by atoms with E-state index in [0.717, 1.165) is 49.2 Å². The van der Waals surface area contributed by atoms with Crippen molar-refractivity contribution in [3.8, 4) is 5.75 Å². The maximum atomic E-state index is 12.6. The zero-order valence-corrected chi connectivity index (χ0v) is 16.5. The van der Waals surface area contributed by atoms with E-state index in [2.05, 4.69) is 23.5 Å². The first kappa shape index (κ1) is 19.4. The number of carbonyl (C=O) groups excluding carboxylic acids is 1. The Kier molecular flexibility index (Phi) is 6.39. The van der Waals surface area contributed by atoms with E-state index in [0.29, 0.717) is 5.75 Å². The first-order valence-electron chi connectivity index (χ1n) is 10.2. The quantitative estimate of drug-likeness (QED) is 0.648. The molecule has 5 heteroatoms. The fraction of sp³-hybridized carbons (Fsp3) is 0.292. The van der Waals surface area contributed by atoms with Crippen molar-refractivity contribution in [2.75, 3.05) is 39.5 Å². The van der Waals surface area contributed by atoms with Crippen molar-refractivity contribution < 1.29 is 19.2 Å². The molecule has 0 radical (unpaired) electrons. The number of hydrogen-bond acceptors (Lipinski definition) is 3. The van der Waals surface area contributed by atoms with Crippen LogP contribution in [0.15, 0.2) is 72.8 Å². The van der Waals surface area contributed by atoms with Crippen LogP contribution in [0.2, 0.25) is 0 Å². The molecule has 1 aliphatic rings. The molecule has 4 rings (SSSR count). The minimum absolute atomic E-state index is 0.000117. The molecule has 0 saturated carbocycles. The Morgan fingerprint density at radius 1 is 0.966 bits per heavy atom. The summed E-state index contributed by atoms with van der Waals surface area (Å²) in [5, 5.41) is 5.42. The Labute approximate surface area is 171 Å². The summed E-state index contributed by atoms with van der Waals surface area (Å²) < 4.78 is 11.2. The number of amides is 1. The van der Waals surface area contributed by atoms with Gasteiger partial charge in [-0.1, -0.05) is 60.7 Å². The zero-order valence-electron chi connectivity index (χ0n) is 16.5. The van der Waals surface area contributed by atoms with Gasteiger partial charge >= 0.3 is 0 Å². The number of carbonyl (C=O) groups is 1. The number of rotatable bonds is 7. The second-order valence-electron chi connectivity index (χ2n) is 7.39. The van der Waals surface area contributed by atoms with Crippen molar-refractivity contribution >= 4 is 16.7 Å². The van der Waals surface area contributed by atoms with Crippen LogP contribution in [0.5, 0.6) is 5.75 Å². The van der Waals surface area contributed by atoms with E-state index in [-0.39, 0.29) is 18.6 Å². The Bertz CT molecular complexity index is 939. The summed E-state index contributed by atoms with van der Waals surface area (Å²) in [5.74, 6) is 0.591. The summed E-state index contributed by atoms with van der Waals surface area (Å²) in [5.41, 5.74) is 1.12. The number of quaternary nitrogens is 1. The zero-order chi connectivity index (χ0) is 19.9. The molecule has 0 spiro atoms. The lowest BCUT2D eigenvalue weighted by molar-refractivity contribution is -0.909. The van der Waals surface area contributed by atoms with Gasteiger partial charge in [0.15, 0.2) is 6.61 Å². The van der Waals surface area contributed by atoms with E-state index in [4.69, 9.17) is 9.47 Å². The summed E-state index contributed by atoms with van der Waals surface area (Å²) in [4.78, 5) is 14.1. The fourth-order valence-electron chi connectivity index (χ4n) is 3.73. The molecule has 3 aromatic rings. The Morgan fingerprint density at radius 3 is 2.48 bits per heavy atom. The van der Waals surface area contributed by atoms with Gasteiger partial charge in [-0.3, -0.25) is 4.79 Å². The number of morpholine rings is 1. The highest BCUT2D eigenvalue weighted by molar-refractivity contribution is 5.84. The van der Waals surface area contributed by atoms with Gasteiger partial charge in [-0.15, -0.1) is 0 Å². The highest BCUT2D eigenvalue weighted by atomic mass is 16.5. The third-order valence-electron chi connectivity index (χ3n) is 5.32. The van der Waals surface area contributed by atoms with Gasteiger partial charge in [-0.2, -0.15) is 0 Å². The van der Waals surface area contributed by atoms with Gasteiger partial charge in [0.1, 0.15) is 31.4 Å². The highest BCUT2D eigenvalue weighted by Crippen LogP contribution is 2.20. The van der Waals surface area contributed by atoms with Crippen molar-refractivity contribution in [2.24, 2.45) is 0 Å². The molecule has 1 atom stereocenters. The van der Waals surface area contributed by atoms with Gasteiger partial charge in [0, 0.05) is 0 Å². The maximum absolute atomic E-state index is 12.6. The second-order valence-corrected chi connectivity index (χ2v) is 7.39. The van der Waals surface area contributed by atoms with E-state index < -0.39 is 0 Å². The summed E-state index contributed by atoms with van der Waals surface area (Å²) in [7, 11) is 0. The first-order chi connectivity index (χ1) is 14.3. The van der Waals surface area contributed by atoms with Gasteiger partial charge in [0.25, 0.3) is 5.91 Å². The lowest BCUT2D eigenvalue weighted by Crippen LogP contribution is -3.14. The van der Waals surface area contributed by atoms with Gasteiger partial charge in [0.2, 0.25) is 0 Å². The number of hydrogen-bond donors (Lipinski definition) is 2. The topological polar surface area (TPSA) is 52.0 Å². The normalized spacial score (nSPS) is 15.7. The molecule has 0 unspecified atom stereocenters. The van der Waals surface area contributed by atoms with Crippen molar-refractivity contribution in [2.45, 2.75) is 6.04 Å². The Balaban J connectivity index is 1.38. The second kappa shape index (κ2) is 9.54. The van der Waals surface area contributed by atoms with E-state index >= 15 is 0 Å². The maximum Gasteiger partial charge on any atom is 0.258 e. The third kappa shape index (κ3) is 5.34. The molecule has 2 N–H and O–H groups in total. The number of fused-ring (bicyclic) bond motifs is 1. The van der Waals surface area contributed by atoms with Crippen LogP contribution in [0.25, 0.3) is 10.8 Å². The van der Waals surface area contributed by atoms with E-state index in [1.807, 2.05) is 54.6 Å². The molecule has 1 saturated heterocycles. The van der Waals surface area contributed by atoms with Crippen molar-refractivity contribution in [3.63, 3.8) is 0 Å². The SMILES string of the molecule is O=C(COc1ccc2ccccc2c1)N[C@H](C[NH+]1CCOCC1)c1ccccc1. The Morgan fingerprint density at radius 2 is 1.69 bits per heavy atom. The molecular formula is C24H27N2O3+. The van der Waals surface area contributed by atoms with Crippen LogP contribution in [-0.2, 0) is 9.53 Å². The van der Waals surface area contributed by atoms with Crippen LogP contribution >= 0.6 is 0 Å². The van der Waals surface area contributed by atoms with E-state index in [1.54, 1.807) is 0 Å². The average Bonchev–Trinajstić information content (AvgIpc) is 2.78. The molecule has 0 bridgehead atoms.